The number of aryl methyl sites for hydroxylation is 1. The molecule has 0 aliphatic heterocycles. The number of hydrogen-bond donors (Lipinski definition) is 2. The number of hydrogen-bond acceptors (Lipinski definition) is 5. The quantitative estimate of drug-likeness (QED) is 0.736. The maximum Gasteiger partial charge on any atom is 0.135 e. The number of anilines is 4. The van der Waals surface area contributed by atoms with Crippen molar-refractivity contribution in [1.82, 2.24) is 9.97 Å². The number of ether oxygens (including phenoxy) is 1. The van der Waals surface area contributed by atoms with Crippen LogP contribution in [-0.4, -0.2) is 17.1 Å². The second-order valence-electron chi connectivity index (χ2n) is 5.13. The molecule has 1 aromatic heterocycles. The third-order valence-electron chi connectivity index (χ3n) is 3.35. The summed E-state index contributed by atoms with van der Waals surface area (Å²) in [7, 11) is 1.65. The van der Waals surface area contributed by atoms with Crippen LogP contribution in [-0.2, 0) is 0 Å². The average molecular weight is 306 g/mol. The van der Waals surface area contributed by atoms with E-state index in [9.17, 15) is 0 Å². The Morgan fingerprint density at radius 3 is 1.83 bits per heavy atom. The van der Waals surface area contributed by atoms with Gasteiger partial charge in [-0.2, -0.15) is 0 Å². The summed E-state index contributed by atoms with van der Waals surface area (Å²) in [5.41, 5.74) is 3.15. The van der Waals surface area contributed by atoms with Crippen molar-refractivity contribution >= 4 is 23.0 Å². The number of rotatable bonds is 5. The molecule has 0 fully saturated rings. The molecule has 0 saturated carbocycles. The second-order valence-corrected chi connectivity index (χ2v) is 5.13. The van der Waals surface area contributed by atoms with Crippen LogP contribution in [0.1, 0.15) is 5.56 Å². The Bertz CT molecular complexity index is 770. The van der Waals surface area contributed by atoms with E-state index in [1.807, 2.05) is 42.5 Å². The van der Waals surface area contributed by atoms with Crippen molar-refractivity contribution in [3.05, 3.63) is 66.5 Å². The summed E-state index contributed by atoms with van der Waals surface area (Å²) < 4.78 is 5.15. The molecule has 3 aromatic rings. The highest BCUT2D eigenvalue weighted by atomic mass is 16.5. The fourth-order valence-electron chi connectivity index (χ4n) is 2.10. The van der Waals surface area contributed by atoms with Crippen molar-refractivity contribution in [2.24, 2.45) is 0 Å². The van der Waals surface area contributed by atoms with E-state index in [0.29, 0.717) is 0 Å². The average Bonchev–Trinajstić information content (AvgIpc) is 2.58. The molecule has 0 amide bonds. The standard InChI is InChI=1S/C18H18N4O/c1-13-3-5-14(6-4-13)21-17-11-18(20-12-19-17)22-15-7-9-16(23-2)10-8-15/h3-12H,1-2H3,(H2,19,20,21,22). The van der Waals surface area contributed by atoms with Gasteiger partial charge in [0.15, 0.2) is 0 Å². The number of methoxy groups -OCH3 is 1. The van der Waals surface area contributed by atoms with Gasteiger partial charge < -0.3 is 15.4 Å². The highest BCUT2D eigenvalue weighted by molar-refractivity contribution is 5.63. The zero-order valence-electron chi connectivity index (χ0n) is 13.1. The normalized spacial score (nSPS) is 10.2. The van der Waals surface area contributed by atoms with Gasteiger partial charge in [-0.15, -0.1) is 0 Å². The van der Waals surface area contributed by atoms with E-state index in [-0.39, 0.29) is 0 Å². The topological polar surface area (TPSA) is 59.1 Å². The third kappa shape index (κ3) is 3.97. The first-order chi connectivity index (χ1) is 11.2. The molecule has 23 heavy (non-hydrogen) atoms. The summed E-state index contributed by atoms with van der Waals surface area (Å²) >= 11 is 0. The van der Waals surface area contributed by atoms with E-state index in [4.69, 9.17) is 4.74 Å². The van der Waals surface area contributed by atoms with E-state index in [1.165, 1.54) is 11.9 Å². The van der Waals surface area contributed by atoms with Crippen LogP contribution in [0.5, 0.6) is 5.75 Å². The molecule has 0 spiro atoms. The smallest absolute Gasteiger partial charge is 0.135 e. The summed E-state index contributed by atoms with van der Waals surface area (Å²) in [6.07, 6.45) is 1.53. The summed E-state index contributed by atoms with van der Waals surface area (Å²) in [5, 5.41) is 6.51. The lowest BCUT2D eigenvalue weighted by atomic mass is 10.2. The zero-order valence-corrected chi connectivity index (χ0v) is 13.1. The lowest BCUT2D eigenvalue weighted by Crippen LogP contribution is -1.98. The summed E-state index contributed by atoms with van der Waals surface area (Å²) in [6, 6.07) is 17.7. The zero-order chi connectivity index (χ0) is 16.1. The van der Waals surface area contributed by atoms with Crippen LogP contribution in [0, 0.1) is 6.92 Å². The Kier molecular flexibility index (Phi) is 4.38. The van der Waals surface area contributed by atoms with Crippen molar-refractivity contribution in [2.75, 3.05) is 17.7 Å². The molecule has 0 aliphatic rings. The fourth-order valence-corrected chi connectivity index (χ4v) is 2.10. The van der Waals surface area contributed by atoms with Crippen LogP contribution in [0.2, 0.25) is 0 Å². The van der Waals surface area contributed by atoms with Crippen LogP contribution in [0.25, 0.3) is 0 Å². The number of aromatic nitrogens is 2. The van der Waals surface area contributed by atoms with Crippen molar-refractivity contribution in [2.45, 2.75) is 6.92 Å². The van der Waals surface area contributed by atoms with E-state index < -0.39 is 0 Å². The predicted octanol–water partition coefficient (Wildman–Crippen LogP) is 4.28. The molecule has 2 aromatic carbocycles. The first-order valence-electron chi connectivity index (χ1n) is 7.30. The highest BCUT2D eigenvalue weighted by Crippen LogP contribution is 2.21. The monoisotopic (exact) mass is 306 g/mol. The maximum absolute atomic E-state index is 5.15. The van der Waals surface area contributed by atoms with Crippen LogP contribution < -0.4 is 15.4 Å². The molecule has 5 nitrogen and oxygen atoms in total. The van der Waals surface area contributed by atoms with Crippen LogP contribution in [0.15, 0.2) is 60.9 Å². The van der Waals surface area contributed by atoms with Crippen LogP contribution in [0.3, 0.4) is 0 Å². The molecule has 0 radical (unpaired) electrons. The van der Waals surface area contributed by atoms with E-state index in [1.54, 1.807) is 7.11 Å². The minimum absolute atomic E-state index is 0.722. The van der Waals surface area contributed by atoms with Gasteiger partial charge in [-0.25, -0.2) is 9.97 Å². The number of benzene rings is 2. The molecular weight excluding hydrogens is 288 g/mol. The Morgan fingerprint density at radius 2 is 1.30 bits per heavy atom. The molecule has 1 heterocycles. The summed E-state index contributed by atoms with van der Waals surface area (Å²) in [4.78, 5) is 8.48. The minimum Gasteiger partial charge on any atom is -0.497 e. The Balaban J connectivity index is 1.72. The van der Waals surface area contributed by atoms with Crippen molar-refractivity contribution in [3.8, 4) is 5.75 Å². The molecule has 5 heteroatoms. The first-order valence-corrected chi connectivity index (χ1v) is 7.30. The van der Waals surface area contributed by atoms with Crippen LogP contribution >= 0.6 is 0 Å². The maximum atomic E-state index is 5.15. The lowest BCUT2D eigenvalue weighted by Gasteiger charge is -2.09. The third-order valence-corrected chi connectivity index (χ3v) is 3.35. The van der Waals surface area contributed by atoms with Gasteiger partial charge in [0.05, 0.1) is 7.11 Å². The van der Waals surface area contributed by atoms with E-state index >= 15 is 0 Å². The molecule has 0 saturated heterocycles. The summed E-state index contributed by atoms with van der Waals surface area (Å²) in [6.45, 7) is 2.06. The van der Waals surface area contributed by atoms with Crippen molar-refractivity contribution < 1.29 is 4.74 Å². The Morgan fingerprint density at radius 1 is 0.783 bits per heavy atom. The molecule has 0 unspecified atom stereocenters. The molecule has 0 atom stereocenters. The van der Waals surface area contributed by atoms with Gasteiger partial charge >= 0.3 is 0 Å². The number of nitrogens with zero attached hydrogens (tertiary/aromatic N) is 2. The van der Waals surface area contributed by atoms with Gasteiger partial charge in [0, 0.05) is 17.4 Å². The van der Waals surface area contributed by atoms with Gasteiger partial charge in [-0.3, -0.25) is 0 Å². The van der Waals surface area contributed by atoms with Crippen molar-refractivity contribution in [3.63, 3.8) is 0 Å². The van der Waals surface area contributed by atoms with Gasteiger partial charge in [0.2, 0.25) is 0 Å². The molecule has 3 rings (SSSR count). The minimum atomic E-state index is 0.722. The number of nitrogens with one attached hydrogen (secondary N) is 2. The molecular formula is C18H18N4O. The predicted molar refractivity (Wildman–Crippen MR) is 92.8 cm³/mol. The Hall–Kier alpha value is -3.08. The van der Waals surface area contributed by atoms with Gasteiger partial charge in [0.1, 0.15) is 23.7 Å². The molecule has 116 valence electrons. The molecule has 2 N–H and O–H groups in total. The molecule has 0 aliphatic carbocycles. The molecule has 0 bridgehead atoms. The van der Waals surface area contributed by atoms with Gasteiger partial charge in [-0.1, -0.05) is 17.7 Å². The summed E-state index contributed by atoms with van der Waals surface area (Å²) in [5.74, 6) is 2.28. The highest BCUT2D eigenvalue weighted by Gasteiger charge is 2.01. The lowest BCUT2D eigenvalue weighted by molar-refractivity contribution is 0.415. The van der Waals surface area contributed by atoms with Crippen molar-refractivity contribution in [1.29, 1.82) is 0 Å². The Labute approximate surface area is 135 Å². The first kappa shape index (κ1) is 14.8. The van der Waals surface area contributed by atoms with Crippen LogP contribution in [0.4, 0.5) is 23.0 Å². The largest absolute Gasteiger partial charge is 0.497 e. The van der Waals surface area contributed by atoms with Gasteiger partial charge in [-0.05, 0) is 43.3 Å². The fraction of sp³-hybridized carbons (Fsp3) is 0.111. The van der Waals surface area contributed by atoms with Gasteiger partial charge in [0.25, 0.3) is 0 Å². The van der Waals surface area contributed by atoms with E-state index in [2.05, 4.69) is 39.7 Å². The second kappa shape index (κ2) is 6.79. The van der Waals surface area contributed by atoms with E-state index in [0.717, 1.165) is 28.8 Å². The SMILES string of the molecule is COc1ccc(Nc2cc(Nc3ccc(C)cc3)ncn2)cc1.